The van der Waals surface area contributed by atoms with Crippen LogP contribution in [0.5, 0.6) is 0 Å². The molecule has 0 amide bonds. The fourth-order valence-corrected chi connectivity index (χ4v) is 2.90. The largest absolute Gasteiger partial charge is 0.377 e. The summed E-state index contributed by atoms with van der Waals surface area (Å²) in [7, 11) is 0. The zero-order chi connectivity index (χ0) is 12.6. The van der Waals surface area contributed by atoms with Gasteiger partial charge < -0.3 is 14.8 Å². The van der Waals surface area contributed by atoms with Crippen LogP contribution in [-0.2, 0) is 9.47 Å². The number of nitrogens with zero attached hydrogens (tertiary/aromatic N) is 1. The Labute approximate surface area is 111 Å². The number of likely N-dealkylation sites (tertiary alicyclic amines) is 1. The lowest BCUT2D eigenvalue weighted by Gasteiger charge is -2.33. The molecule has 4 nitrogen and oxygen atoms in total. The molecule has 0 spiro atoms. The summed E-state index contributed by atoms with van der Waals surface area (Å²) in [5.74, 6) is 0. The van der Waals surface area contributed by atoms with Gasteiger partial charge in [-0.05, 0) is 52.2 Å². The lowest BCUT2D eigenvalue weighted by atomic mass is 10.1. The average molecular weight is 256 g/mol. The van der Waals surface area contributed by atoms with Crippen molar-refractivity contribution >= 4 is 0 Å². The minimum atomic E-state index is 0.447. The molecule has 1 unspecified atom stereocenters. The molecule has 0 aromatic carbocycles. The first kappa shape index (κ1) is 14.3. The van der Waals surface area contributed by atoms with Gasteiger partial charge in [0.25, 0.3) is 0 Å². The molecule has 0 aromatic heterocycles. The number of ether oxygens (including phenoxy) is 2. The van der Waals surface area contributed by atoms with Crippen molar-refractivity contribution < 1.29 is 9.47 Å². The van der Waals surface area contributed by atoms with Crippen molar-refractivity contribution in [1.29, 1.82) is 0 Å². The van der Waals surface area contributed by atoms with Crippen LogP contribution in [0.15, 0.2) is 0 Å². The molecule has 0 bridgehead atoms. The molecule has 2 heterocycles. The number of rotatable bonds is 6. The molecule has 18 heavy (non-hydrogen) atoms. The van der Waals surface area contributed by atoms with Crippen molar-refractivity contribution in [2.75, 3.05) is 45.9 Å². The van der Waals surface area contributed by atoms with Crippen LogP contribution in [0.2, 0.25) is 0 Å². The summed E-state index contributed by atoms with van der Waals surface area (Å²) < 4.78 is 11.7. The van der Waals surface area contributed by atoms with Crippen molar-refractivity contribution in [2.24, 2.45) is 0 Å². The Morgan fingerprint density at radius 2 is 1.94 bits per heavy atom. The van der Waals surface area contributed by atoms with Gasteiger partial charge in [0.15, 0.2) is 0 Å². The van der Waals surface area contributed by atoms with Crippen molar-refractivity contribution in [3.63, 3.8) is 0 Å². The molecule has 1 atom stereocenters. The Morgan fingerprint density at radius 3 is 2.72 bits per heavy atom. The second kappa shape index (κ2) is 8.10. The van der Waals surface area contributed by atoms with Crippen molar-refractivity contribution in [3.8, 4) is 0 Å². The maximum atomic E-state index is 5.96. The number of hydrogen-bond donors (Lipinski definition) is 1. The molecule has 106 valence electrons. The van der Waals surface area contributed by atoms with Gasteiger partial charge in [-0.3, -0.25) is 4.90 Å². The summed E-state index contributed by atoms with van der Waals surface area (Å²) in [6.07, 6.45) is 5.75. The monoisotopic (exact) mass is 256 g/mol. The normalized spacial score (nSPS) is 27.5. The van der Waals surface area contributed by atoms with E-state index in [-0.39, 0.29) is 0 Å². The summed E-state index contributed by atoms with van der Waals surface area (Å²) in [5, 5.41) is 3.37. The molecule has 2 aliphatic heterocycles. The Balaban J connectivity index is 1.57. The Hall–Kier alpha value is -0.160. The van der Waals surface area contributed by atoms with Crippen LogP contribution in [0.3, 0.4) is 0 Å². The van der Waals surface area contributed by atoms with Crippen molar-refractivity contribution in [1.82, 2.24) is 10.2 Å². The van der Waals surface area contributed by atoms with E-state index in [4.69, 9.17) is 9.47 Å². The zero-order valence-corrected chi connectivity index (χ0v) is 11.7. The van der Waals surface area contributed by atoms with Crippen LogP contribution in [-0.4, -0.2) is 63.0 Å². The van der Waals surface area contributed by atoms with Gasteiger partial charge in [-0.1, -0.05) is 0 Å². The second-order valence-electron chi connectivity index (χ2n) is 5.34. The van der Waals surface area contributed by atoms with E-state index in [0.29, 0.717) is 12.2 Å². The fraction of sp³-hybridized carbons (Fsp3) is 1.00. The van der Waals surface area contributed by atoms with Gasteiger partial charge in [0.2, 0.25) is 0 Å². The van der Waals surface area contributed by atoms with E-state index in [1.165, 1.54) is 32.2 Å². The van der Waals surface area contributed by atoms with E-state index in [2.05, 4.69) is 17.1 Å². The topological polar surface area (TPSA) is 33.7 Å². The standard InChI is InChI=1S/C14H28N2O2/c1-2-17-14-4-3-9-16(12-14)10-11-18-13-5-7-15-8-6-13/h13-15H,2-12H2,1H3. The van der Waals surface area contributed by atoms with Gasteiger partial charge in [0.1, 0.15) is 0 Å². The SMILES string of the molecule is CCOC1CCCN(CCOC2CCNCC2)C1. The summed E-state index contributed by atoms with van der Waals surface area (Å²) >= 11 is 0. The summed E-state index contributed by atoms with van der Waals surface area (Å²) in [4.78, 5) is 2.49. The summed E-state index contributed by atoms with van der Waals surface area (Å²) in [6, 6.07) is 0. The lowest BCUT2D eigenvalue weighted by Crippen LogP contribution is -2.42. The third-order valence-corrected chi connectivity index (χ3v) is 3.91. The van der Waals surface area contributed by atoms with Crippen LogP contribution in [0.4, 0.5) is 0 Å². The Kier molecular flexibility index (Phi) is 6.41. The maximum Gasteiger partial charge on any atom is 0.0702 e. The highest BCUT2D eigenvalue weighted by Crippen LogP contribution is 2.13. The van der Waals surface area contributed by atoms with Gasteiger partial charge in [0.05, 0.1) is 18.8 Å². The molecule has 2 aliphatic rings. The highest BCUT2D eigenvalue weighted by atomic mass is 16.5. The van der Waals surface area contributed by atoms with Gasteiger partial charge in [0, 0.05) is 19.7 Å². The van der Waals surface area contributed by atoms with Crippen LogP contribution in [0, 0.1) is 0 Å². The highest BCUT2D eigenvalue weighted by molar-refractivity contribution is 4.74. The molecule has 4 heteroatoms. The fourth-order valence-electron chi connectivity index (χ4n) is 2.90. The minimum absolute atomic E-state index is 0.447. The smallest absolute Gasteiger partial charge is 0.0702 e. The third-order valence-electron chi connectivity index (χ3n) is 3.91. The molecule has 0 aromatic rings. The summed E-state index contributed by atoms with van der Waals surface area (Å²) in [5.41, 5.74) is 0. The molecular formula is C14H28N2O2. The second-order valence-corrected chi connectivity index (χ2v) is 5.34. The van der Waals surface area contributed by atoms with E-state index in [0.717, 1.165) is 39.4 Å². The van der Waals surface area contributed by atoms with Crippen LogP contribution in [0.1, 0.15) is 32.6 Å². The van der Waals surface area contributed by atoms with E-state index < -0.39 is 0 Å². The van der Waals surface area contributed by atoms with Crippen LogP contribution in [0.25, 0.3) is 0 Å². The molecule has 2 rings (SSSR count). The maximum absolute atomic E-state index is 5.96. The predicted molar refractivity (Wildman–Crippen MR) is 72.9 cm³/mol. The lowest BCUT2D eigenvalue weighted by molar-refractivity contribution is -0.0168. The molecular weight excluding hydrogens is 228 g/mol. The molecule has 2 saturated heterocycles. The minimum Gasteiger partial charge on any atom is -0.377 e. The number of nitrogens with one attached hydrogen (secondary N) is 1. The predicted octanol–water partition coefficient (Wildman–Crippen LogP) is 1.26. The Bertz CT molecular complexity index is 218. The number of hydrogen-bond acceptors (Lipinski definition) is 4. The molecule has 0 radical (unpaired) electrons. The van der Waals surface area contributed by atoms with E-state index in [9.17, 15) is 0 Å². The first-order valence-corrected chi connectivity index (χ1v) is 7.54. The molecule has 0 aliphatic carbocycles. The van der Waals surface area contributed by atoms with Crippen molar-refractivity contribution in [2.45, 2.75) is 44.8 Å². The number of piperidine rings is 2. The third kappa shape index (κ3) is 4.84. The van der Waals surface area contributed by atoms with E-state index >= 15 is 0 Å². The first-order chi connectivity index (χ1) is 8.88. The molecule has 0 saturated carbocycles. The molecule has 2 fully saturated rings. The highest BCUT2D eigenvalue weighted by Gasteiger charge is 2.20. The quantitative estimate of drug-likeness (QED) is 0.775. The van der Waals surface area contributed by atoms with E-state index in [1.807, 2.05) is 0 Å². The van der Waals surface area contributed by atoms with E-state index in [1.54, 1.807) is 0 Å². The van der Waals surface area contributed by atoms with Crippen LogP contribution >= 0.6 is 0 Å². The van der Waals surface area contributed by atoms with Crippen LogP contribution < -0.4 is 5.32 Å². The molecule has 1 N–H and O–H groups in total. The van der Waals surface area contributed by atoms with Crippen molar-refractivity contribution in [3.05, 3.63) is 0 Å². The average Bonchev–Trinajstić information content (AvgIpc) is 2.41. The van der Waals surface area contributed by atoms with Gasteiger partial charge >= 0.3 is 0 Å². The summed E-state index contributed by atoms with van der Waals surface area (Å²) in [6.45, 7) is 9.38. The zero-order valence-electron chi connectivity index (χ0n) is 11.7. The van der Waals surface area contributed by atoms with Gasteiger partial charge in [-0.15, -0.1) is 0 Å². The van der Waals surface area contributed by atoms with Gasteiger partial charge in [-0.25, -0.2) is 0 Å². The Morgan fingerprint density at radius 1 is 1.11 bits per heavy atom. The van der Waals surface area contributed by atoms with Gasteiger partial charge in [-0.2, -0.15) is 0 Å². The first-order valence-electron chi connectivity index (χ1n) is 7.54.